The average Bonchev–Trinajstić information content (AvgIpc) is 3.04. The summed E-state index contributed by atoms with van der Waals surface area (Å²) in [7, 11) is 1.60. The van der Waals surface area contributed by atoms with Gasteiger partial charge in [0.2, 0.25) is 0 Å². The Morgan fingerprint density at radius 3 is 2.61 bits per heavy atom. The van der Waals surface area contributed by atoms with Gasteiger partial charge in [-0.2, -0.15) is 5.26 Å². The molecular formula is C17H14N4O2. The Morgan fingerprint density at radius 2 is 1.87 bits per heavy atom. The van der Waals surface area contributed by atoms with E-state index in [1.165, 1.54) is 0 Å². The van der Waals surface area contributed by atoms with Crippen LogP contribution in [0, 0.1) is 11.3 Å². The minimum atomic E-state index is 0.192. The lowest BCUT2D eigenvalue weighted by Crippen LogP contribution is -2.07. The Morgan fingerprint density at radius 1 is 1.09 bits per heavy atom. The third kappa shape index (κ3) is 3.14. The van der Waals surface area contributed by atoms with E-state index in [0.717, 1.165) is 11.4 Å². The molecule has 0 atom stereocenters. The Balaban J connectivity index is 1.92. The van der Waals surface area contributed by atoms with E-state index in [0.29, 0.717) is 11.4 Å². The van der Waals surface area contributed by atoms with Crippen LogP contribution in [0.4, 0.5) is 0 Å². The fraction of sp³-hybridized carbons (Fsp3) is 0.118. The van der Waals surface area contributed by atoms with Crippen molar-refractivity contribution in [2.75, 3.05) is 7.11 Å². The second-order valence-corrected chi connectivity index (χ2v) is 4.71. The second-order valence-electron chi connectivity index (χ2n) is 4.71. The zero-order valence-electron chi connectivity index (χ0n) is 12.5. The molecule has 0 bridgehead atoms. The summed E-state index contributed by atoms with van der Waals surface area (Å²) in [5, 5.41) is 17.2. The Labute approximate surface area is 133 Å². The maximum absolute atomic E-state index is 9.23. The van der Waals surface area contributed by atoms with Crippen LogP contribution in [0.2, 0.25) is 0 Å². The molecule has 0 N–H and O–H groups in total. The van der Waals surface area contributed by atoms with Crippen molar-refractivity contribution in [1.29, 1.82) is 5.26 Å². The molecule has 0 saturated heterocycles. The van der Waals surface area contributed by atoms with Crippen LogP contribution >= 0.6 is 0 Å². The molecule has 0 radical (unpaired) electrons. The summed E-state index contributed by atoms with van der Waals surface area (Å²) in [5.74, 6) is 1.42. The third-order valence-corrected chi connectivity index (χ3v) is 3.29. The van der Waals surface area contributed by atoms with Gasteiger partial charge in [-0.25, -0.2) is 4.68 Å². The topological polar surface area (TPSA) is 73.0 Å². The molecule has 3 aromatic rings. The van der Waals surface area contributed by atoms with Crippen molar-refractivity contribution in [2.24, 2.45) is 0 Å². The molecule has 0 spiro atoms. The van der Waals surface area contributed by atoms with E-state index in [2.05, 4.69) is 10.3 Å². The van der Waals surface area contributed by atoms with Crippen molar-refractivity contribution in [1.82, 2.24) is 15.0 Å². The number of nitrogens with zero attached hydrogens (tertiary/aromatic N) is 4. The van der Waals surface area contributed by atoms with Gasteiger partial charge in [0.25, 0.3) is 0 Å². The monoisotopic (exact) mass is 306 g/mol. The molecule has 0 aliphatic carbocycles. The SMILES string of the molecule is COc1cccc(-n2nnc(C#N)c2COc2ccccc2)c1. The van der Waals surface area contributed by atoms with Gasteiger partial charge in [0.05, 0.1) is 12.8 Å². The minimum Gasteiger partial charge on any atom is -0.497 e. The van der Waals surface area contributed by atoms with Crippen molar-refractivity contribution in [3.8, 4) is 23.3 Å². The van der Waals surface area contributed by atoms with Gasteiger partial charge in [-0.1, -0.05) is 29.5 Å². The molecule has 3 rings (SSSR count). The standard InChI is InChI=1S/C17H14N4O2/c1-22-15-9-5-6-13(10-15)21-17(16(11-18)19-20-21)12-23-14-7-3-2-4-8-14/h2-10H,12H2,1H3. The highest BCUT2D eigenvalue weighted by molar-refractivity contribution is 5.41. The van der Waals surface area contributed by atoms with Gasteiger partial charge in [0.15, 0.2) is 5.69 Å². The number of para-hydroxylation sites is 1. The smallest absolute Gasteiger partial charge is 0.189 e. The zero-order valence-corrected chi connectivity index (χ0v) is 12.5. The summed E-state index contributed by atoms with van der Waals surface area (Å²) in [5.41, 5.74) is 1.58. The molecule has 0 unspecified atom stereocenters. The number of methoxy groups -OCH3 is 1. The van der Waals surface area contributed by atoms with Crippen molar-refractivity contribution in [3.63, 3.8) is 0 Å². The number of rotatable bonds is 5. The van der Waals surface area contributed by atoms with Crippen LogP contribution in [0.1, 0.15) is 11.4 Å². The van der Waals surface area contributed by atoms with Gasteiger partial charge in [-0.3, -0.25) is 0 Å². The van der Waals surface area contributed by atoms with Gasteiger partial charge in [0, 0.05) is 6.07 Å². The molecule has 0 fully saturated rings. The third-order valence-electron chi connectivity index (χ3n) is 3.29. The Hall–Kier alpha value is -3.33. The first-order valence-corrected chi connectivity index (χ1v) is 6.99. The molecule has 114 valence electrons. The van der Waals surface area contributed by atoms with E-state index in [9.17, 15) is 5.26 Å². The van der Waals surface area contributed by atoms with Crippen LogP contribution in [0.3, 0.4) is 0 Å². The lowest BCUT2D eigenvalue weighted by atomic mass is 10.2. The molecule has 0 saturated carbocycles. The van der Waals surface area contributed by atoms with E-state index >= 15 is 0 Å². The maximum Gasteiger partial charge on any atom is 0.189 e. The van der Waals surface area contributed by atoms with Gasteiger partial charge < -0.3 is 9.47 Å². The van der Waals surface area contributed by atoms with Crippen LogP contribution in [0.15, 0.2) is 54.6 Å². The first-order valence-electron chi connectivity index (χ1n) is 6.99. The normalized spacial score (nSPS) is 10.1. The molecule has 2 aromatic carbocycles. The summed E-state index contributed by atoms with van der Waals surface area (Å²) < 4.78 is 12.5. The largest absolute Gasteiger partial charge is 0.497 e. The molecular weight excluding hydrogens is 292 g/mol. The predicted molar refractivity (Wildman–Crippen MR) is 83.4 cm³/mol. The van der Waals surface area contributed by atoms with Crippen molar-refractivity contribution < 1.29 is 9.47 Å². The molecule has 0 amide bonds. The molecule has 6 nitrogen and oxygen atoms in total. The lowest BCUT2D eigenvalue weighted by molar-refractivity contribution is 0.297. The van der Waals surface area contributed by atoms with Crippen LogP contribution in [-0.4, -0.2) is 22.1 Å². The molecule has 1 heterocycles. The summed E-state index contributed by atoms with van der Waals surface area (Å²) in [6.45, 7) is 0.192. The highest BCUT2D eigenvalue weighted by atomic mass is 16.5. The first-order chi connectivity index (χ1) is 11.3. The number of nitriles is 1. The van der Waals surface area contributed by atoms with Gasteiger partial charge in [0.1, 0.15) is 29.9 Å². The van der Waals surface area contributed by atoms with E-state index in [-0.39, 0.29) is 12.3 Å². The van der Waals surface area contributed by atoms with Crippen molar-refractivity contribution >= 4 is 0 Å². The Bertz CT molecular complexity index is 837. The van der Waals surface area contributed by atoms with Gasteiger partial charge in [-0.15, -0.1) is 5.10 Å². The van der Waals surface area contributed by atoms with Gasteiger partial charge >= 0.3 is 0 Å². The number of aromatic nitrogens is 3. The summed E-state index contributed by atoms with van der Waals surface area (Å²) in [6, 6.07) is 18.8. The van der Waals surface area contributed by atoms with E-state index in [1.54, 1.807) is 11.8 Å². The summed E-state index contributed by atoms with van der Waals surface area (Å²) >= 11 is 0. The molecule has 1 aromatic heterocycles. The molecule has 23 heavy (non-hydrogen) atoms. The Kier molecular flexibility index (Phi) is 4.20. The first kappa shape index (κ1) is 14.6. The molecule has 0 aliphatic rings. The second kappa shape index (κ2) is 6.62. The fourth-order valence-corrected chi connectivity index (χ4v) is 2.14. The van der Waals surface area contributed by atoms with Crippen LogP contribution in [-0.2, 0) is 6.61 Å². The number of hydrogen-bond acceptors (Lipinski definition) is 5. The average molecular weight is 306 g/mol. The minimum absolute atomic E-state index is 0.192. The maximum atomic E-state index is 9.23. The fourth-order valence-electron chi connectivity index (χ4n) is 2.14. The number of hydrogen-bond donors (Lipinski definition) is 0. The van der Waals surface area contributed by atoms with Crippen LogP contribution in [0.25, 0.3) is 5.69 Å². The number of ether oxygens (including phenoxy) is 2. The van der Waals surface area contributed by atoms with Crippen LogP contribution in [0.5, 0.6) is 11.5 Å². The summed E-state index contributed by atoms with van der Waals surface area (Å²) in [4.78, 5) is 0. The van der Waals surface area contributed by atoms with Crippen molar-refractivity contribution in [2.45, 2.75) is 6.61 Å². The molecule has 6 heteroatoms. The van der Waals surface area contributed by atoms with Crippen molar-refractivity contribution in [3.05, 3.63) is 66.0 Å². The highest BCUT2D eigenvalue weighted by Gasteiger charge is 2.15. The number of benzene rings is 2. The van der Waals surface area contributed by atoms with Crippen LogP contribution < -0.4 is 9.47 Å². The zero-order chi connectivity index (χ0) is 16.1. The lowest BCUT2D eigenvalue weighted by Gasteiger charge is -2.09. The van der Waals surface area contributed by atoms with Gasteiger partial charge in [-0.05, 0) is 24.3 Å². The van der Waals surface area contributed by atoms with E-state index in [1.807, 2.05) is 60.7 Å². The quantitative estimate of drug-likeness (QED) is 0.724. The molecule has 0 aliphatic heterocycles. The highest BCUT2D eigenvalue weighted by Crippen LogP contribution is 2.20. The summed E-state index contributed by atoms with van der Waals surface area (Å²) in [6.07, 6.45) is 0. The van der Waals surface area contributed by atoms with E-state index < -0.39 is 0 Å². The van der Waals surface area contributed by atoms with E-state index in [4.69, 9.17) is 9.47 Å². The predicted octanol–water partition coefficient (Wildman–Crippen LogP) is 2.73.